The maximum atomic E-state index is 11.7. The first-order valence-corrected chi connectivity index (χ1v) is 8.52. The van der Waals surface area contributed by atoms with Gasteiger partial charge in [0.25, 0.3) is 0 Å². The molecular formula is C15H22BrNO2S. The minimum atomic E-state index is -0.297. The number of rotatable bonds is 7. The molecule has 0 saturated heterocycles. The van der Waals surface area contributed by atoms with Crippen molar-refractivity contribution in [3.05, 3.63) is 27.7 Å². The normalized spacial score (nSPS) is 12.2. The van der Waals surface area contributed by atoms with Crippen molar-refractivity contribution in [1.82, 2.24) is 5.32 Å². The highest BCUT2D eigenvalue weighted by molar-refractivity contribution is 9.10. The molecule has 0 fully saturated rings. The monoisotopic (exact) mass is 359 g/mol. The summed E-state index contributed by atoms with van der Waals surface area (Å²) in [6.45, 7) is 6.48. The van der Waals surface area contributed by atoms with Crippen molar-refractivity contribution in [3.8, 4) is 0 Å². The van der Waals surface area contributed by atoms with Gasteiger partial charge in [-0.3, -0.25) is 4.79 Å². The molecule has 0 heterocycles. The number of aliphatic hydroxyl groups excluding tert-OH is 1. The Morgan fingerprint density at radius 3 is 2.75 bits per heavy atom. The number of hydrogen-bond donors (Lipinski definition) is 2. The van der Waals surface area contributed by atoms with Gasteiger partial charge in [0.1, 0.15) is 0 Å². The summed E-state index contributed by atoms with van der Waals surface area (Å²) in [5.74, 6) is 0.469. The highest BCUT2D eigenvalue weighted by Crippen LogP contribution is 2.28. The molecule has 112 valence electrons. The topological polar surface area (TPSA) is 49.3 Å². The minimum Gasteiger partial charge on any atom is -0.393 e. The van der Waals surface area contributed by atoms with Crippen LogP contribution in [-0.2, 0) is 4.79 Å². The Bertz CT molecular complexity index is 463. The Labute approximate surface area is 133 Å². The molecule has 1 amide bonds. The summed E-state index contributed by atoms with van der Waals surface area (Å²) >= 11 is 5.07. The fourth-order valence-electron chi connectivity index (χ4n) is 1.73. The number of aliphatic hydroxyl groups is 1. The average molecular weight is 360 g/mol. The Morgan fingerprint density at radius 2 is 2.10 bits per heavy atom. The summed E-state index contributed by atoms with van der Waals surface area (Å²) < 4.78 is 1.10. The van der Waals surface area contributed by atoms with E-state index in [1.54, 1.807) is 18.7 Å². The zero-order chi connectivity index (χ0) is 15.1. The van der Waals surface area contributed by atoms with Crippen molar-refractivity contribution in [2.45, 2.75) is 44.6 Å². The van der Waals surface area contributed by atoms with E-state index < -0.39 is 0 Å². The van der Waals surface area contributed by atoms with Crippen LogP contribution in [0.3, 0.4) is 0 Å². The van der Waals surface area contributed by atoms with Gasteiger partial charge in [-0.15, -0.1) is 11.8 Å². The van der Waals surface area contributed by atoms with Gasteiger partial charge in [-0.1, -0.05) is 15.9 Å². The lowest BCUT2D eigenvalue weighted by atomic mass is 10.2. The number of carbonyl (C=O) groups is 1. The molecule has 0 bridgehead atoms. The molecule has 1 rings (SSSR count). The lowest BCUT2D eigenvalue weighted by Gasteiger charge is -2.09. The molecule has 20 heavy (non-hydrogen) atoms. The molecule has 0 radical (unpaired) electrons. The van der Waals surface area contributed by atoms with Crippen molar-refractivity contribution >= 4 is 33.6 Å². The van der Waals surface area contributed by atoms with Crippen LogP contribution < -0.4 is 5.32 Å². The summed E-state index contributed by atoms with van der Waals surface area (Å²) in [7, 11) is 0. The van der Waals surface area contributed by atoms with Gasteiger partial charge in [0, 0.05) is 15.9 Å². The van der Waals surface area contributed by atoms with Gasteiger partial charge in [-0.25, -0.2) is 0 Å². The van der Waals surface area contributed by atoms with Crippen molar-refractivity contribution in [2.24, 2.45) is 0 Å². The number of amides is 1. The minimum absolute atomic E-state index is 0.0422. The molecular weight excluding hydrogens is 338 g/mol. The highest BCUT2D eigenvalue weighted by atomic mass is 79.9. The van der Waals surface area contributed by atoms with Crippen LogP contribution in [0, 0.1) is 13.8 Å². The van der Waals surface area contributed by atoms with Gasteiger partial charge in [0.15, 0.2) is 0 Å². The molecule has 1 unspecified atom stereocenters. The van der Waals surface area contributed by atoms with Crippen LogP contribution in [-0.4, -0.2) is 29.4 Å². The number of nitrogens with one attached hydrogen (secondary N) is 1. The van der Waals surface area contributed by atoms with E-state index >= 15 is 0 Å². The lowest BCUT2D eigenvalue weighted by molar-refractivity contribution is -0.118. The van der Waals surface area contributed by atoms with E-state index in [4.69, 9.17) is 5.11 Å². The first-order chi connectivity index (χ1) is 9.40. The van der Waals surface area contributed by atoms with Crippen molar-refractivity contribution < 1.29 is 9.90 Å². The zero-order valence-corrected chi connectivity index (χ0v) is 14.6. The largest absolute Gasteiger partial charge is 0.393 e. The van der Waals surface area contributed by atoms with Gasteiger partial charge < -0.3 is 10.4 Å². The fraction of sp³-hybridized carbons (Fsp3) is 0.533. The Kier molecular flexibility index (Phi) is 7.62. The Balaban J connectivity index is 2.36. The van der Waals surface area contributed by atoms with Gasteiger partial charge in [-0.2, -0.15) is 0 Å². The van der Waals surface area contributed by atoms with Crippen molar-refractivity contribution in [2.75, 3.05) is 12.3 Å². The van der Waals surface area contributed by atoms with E-state index in [2.05, 4.69) is 33.4 Å². The van der Waals surface area contributed by atoms with Crippen LogP contribution in [0.5, 0.6) is 0 Å². The second-order valence-electron chi connectivity index (χ2n) is 5.00. The molecule has 0 aliphatic rings. The molecule has 0 aliphatic carbocycles. The summed E-state index contributed by atoms with van der Waals surface area (Å²) in [5.41, 5.74) is 2.35. The lowest BCUT2D eigenvalue weighted by Crippen LogP contribution is -2.26. The Morgan fingerprint density at radius 1 is 1.40 bits per heavy atom. The molecule has 1 aromatic rings. The molecule has 0 spiro atoms. The second kappa shape index (κ2) is 8.70. The molecule has 2 N–H and O–H groups in total. The smallest absolute Gasteiger partial charge is 0.230 e. The van der Waals surface area contributed by atoms with E-state index in [9.17, 15) is 4.79 Å². The first kappa shape index (κ1) is 17.5. The van der Waals surface area contributed by atoms with E-state index in [0.29, 0.717) is 12.3 Å². The molecule has 1 atom stereocenters. The van der Waals surface area contributed by atoms with Crippen molar-refractivity contribution in [3.63, 3.8) is 0 Å². The molecule has 0 saturated carbocycles. The summed E-state index contributed by atoms with van der Waals surface area (Å²) in [4.78, 5) is 12.9. The predicted molar refractivity (Wildman–Crippen MR) is 88.3 cm³/mol. The summed E-state index contributed by atoms with van der Waals surface area (Å²) in [6, 6.07) is 4.18. The molecule has 0 aliphatic heterocycles. The number of aryl methyl sites for hydroxylation is 2. The molecule has 5 heteroatoms. The van der Waals surface area contributed by atoms with Crippen LogP contribution in [0.4, 0.5) is 0 Å². The third kappa shape index (κ3) is 6.29. The number of thioether (sulfide) groups is 1. The van der Waals surface area contributed by atoms with Crippen LogP contribution in [0.25, 0.3) is 0 Å². The SMILES string of the molecule is Cc1cc(SCC(=O)NCCCC(C)O)c(C)cc1Br. The van der Waals surface area contributed by atoms with E-state index in [-0.39, 0.29) is 12.0 Å². The molecule has 3 nitrogen and oxygen atoms in total. The third-order valence-electron chi connectivity index (χ3n) is 2.94. The second-order valence-corrected chi connectivity index (χ2v) is 6.87. The average Bonchev–Trinajstić information content (AvgIpc) is 2.37. The van der Waals surface area contributed by atoms with E-state index in [0.717, 1.165) is 22.2 Å². The third-order valence-corrected chi connectivity index (χ3v) is 4.95. The summed E-state index contributed by atoms with van der Waals surface area (Å²) in [5, 5.41) is 12.0. The van der Waals surface area contributed by atoms with E-state index in [1.165, 1.54) is 11.1 Å². The number of benzene rings is 1. The maximum absolute atomic E-state index is 11.7. The van der Waals surface area contributed by atoms with Gasteiger partial charge >= 0.3 is 0 Å². The van der Waals surface area contributed by atoms with Crippen LogP contribution >= 0.6 is 27.7 Å². The van der Waals surface area contributed by atoms with Gasteiger partial charge in [0.2, 0.25) is 5.91 Å². The van der Waals surface area contributed by atoms with Crippen molar-refractivity contribution in [1.29, 1.82) is 0 Å². The van der Waals surface area contributed by atoms with E-state index in [1.807, 2.05) is 13.8 Å². The highest BCUT2D eigenvalue weighted by Gasteiger charge is 2.07. The standard InChI is InChI=1S/C15H22BrNO2S/c1-10-8-14(11(2)7-13(10)16)20-9-15(19)17-6-4-5-12(3)18/h7-8,12,18H,4-6,9H2,1-3H3,(H,17,19). The molecule has 0 aromatic heterocycles. The van der Waals surface area contributed by atoms with Crippen LogP contribution in [0.1, 0.15) is 30.9 Å². The van der Waals surface area contributed by atoms with Crippen LogP contribution in [0.15, 0.2) is 21.5 Å². The summed E-state index contributed by atoms with van der Waals surface area (Å²) in [6.07, 6.45) is 1.23. The Hall–Kier alpha value is -0.520. The fourth-order valence-corrected chi connectivity index (χ4v) is 3.12. The van der Waals surface area contributed by atoms with Gasteiger partial charge in [-0.05, 0) is 56.9 Å². The maximum Gasteiger partial charge on any atom is 0.230 e. The molecule has 1 aromatic carbocycles. The number of halogens is 1. The van der Waals surface area contributed by atoms with Gasteiger partial charge in [0.05, 0.1) is 11.9 Å². The number of hydrogen-bond acceptors (Lipinski definition) is 3. The predicted octanol–water partition coefficient (Wildman–Crippen LogP) is 3.44. The number of carbonyl (C=O) groups excluding carboxylic acids is 1. The quantitative estimate of drug-likeness (QED) is 0.579. The van der Waals surface area contributed by atoms with Crippen LogP contribution in [0.2, 0.25) is 0 Å². The zero-order valence-electron chi connectivity index (χ0n) is 12.2. The first-order valence-electron chi connectivity index (χ1n) is 6.74.